The van der Waals surface area contributed by atoms with Crippen molar-refractivity contribution in [1.29, 1.82) is 0 Å². The number of benzene rings is 3. The van der Waals surface area contributed by atoms with Crippen LogP contribution in [0.25, 0.3) is 21.9 Å². The average Bonchev–Trinajstić information content (AvgIpc) is 3.34. The smallest absolute Gasteiger partial charge is 0.229 e. The molecule has 1 fully saturated rings. The zero-order valence-electron chi connectivity index (χ0n) is 16.4. The highest BCUT2D eigenvalue weighted by Gasteiger charge is 2.35. The van der Waals surface area contributed by atoms with Crippen LogP contribution in [0.1, 0.15) is 6.42 Å². The number of methoxy groups -OCH3 is 1. The maximum atomic E-state index is 12.8. The van der Waals surface area contributed by atoms with Gasteiger partial charge in [-0.2, -0.15) is 0 Å². The lowest BCUT2D eigenvalue weighted by molar-refractivity contribution is -0.122. The Bertz CT molecular complexity index is 1260. The summed E-state index contributed by atoms with van der Waals surface area (Å²) < 4.78 is 11.0. The van der Waals surface area contributed by atoms with Gasteiger partial charge in [0, 0.05) is 41.2 Å². The van der Waals surface area contributed by atoms with Crippen molar-refractivity contribution in [3.63, 3.8) is 0 Å². The third-order valence-corrected chi connectivity index (χ3v) is 5.53. The van der Waals surface area contributed by atoms with E-state index < -0.39 is 5.92 Å². The van der Waals surface area contributed by atoms with Crippen LogP contribution in [0.3, 0.4) is 0 Å². The summed E-state index contributed by atoms with van der Waals surface area (Å²) in [5, 5.41) is 4.98. The standard InChI is InChI=1S/C24H20N2O4/c1-29-18-9-7-17(8-10-18)26-14-15(12-23(26)27)24(28)25-16-6-11-20-19-4-2-3-5-21(19)30-22(20)13-16/h2-11,13,15H,12,14H2,1H3,(H,25,28)/t15-/m1/s1. The Morgan fingerprint density at radius 3 is 2.60 bits per heavy atom. The minimum absolute atomic E-state index is 0.0620. The van der Waals surface area contributed by atoms with Crippen LogP contribution in [-0.4, -0.2) is 25.5 Å². The Kier molecular flexibility index (Phi) is 4.39. The first-order valence-corrected chi connectivity index (χ1v) is 9.79. The highest BCUT2D eigenvalue weighted by molar-refractivity contribution is 6.07. The van der Waals surface area contributed by atoms with Crippen LogP contribution < -0.4 is 15.0 Å². The second-order valence-electron chi connectivity index (χ2n) is 7.40. The molecule has 30 heavy (non-hydrogen) atoms. The van der Waals surface area contributed by atoms with E-state index in [1.807, 2.05) is 54.6 Å². The maximum absolute atomic E-state index is 12.8. The van der Waals surface area contributed by atoms with Crippen LogP contribution in [0.5, 0.6) is 5.75 Å². The Hall–Kier alpha value is -3.80. The second kappa shape index (κ2) is 7.22. The molecule has 1 atom stereocenters. The number of nitrogens with one attached hydrogen (secondary N) is 1. The number of anilines is 2. The van der Waals surface area contributed by atoms with Crippen molar-refractivity contribution in [1.82, 2.24) is 0 Å². The van der Waals surface area contributed by atoms with Gasteiger partial charge in [0.25, 0.3) is 0 Å². The molecular formula is C24H20N2O4. The van der Waals surface area contributed by atoms with Crippen molar-refractivity contribution < 1.29 is 18.7 Å². The molecule has 3 aromatic carbocycles. The minimum Gasteiger partial charge on any atom is -0.497 e. The molecule has 6 heteroatoms. The first kappa shape index (κ1) is 18.2. The van der Waals surface area contributed by atoms with Gasteiger partial charge in [0.1, 0.15) is 16.9 Å². The molecule has 0 saturated carbocycles. The Labute approximate surface area is 173 Å². The molecule has 0 bridgehead atoms. The molecule has 1 saturated heterocycles. The van der Waals surface area contributed by atoms with Gasteiger partial charge >= 0.3 is 0 Å². The third-order valence-electron chi connectivity index (χ3n) is 5.53. The van der Waals surface area contributed by atoms with Crippen LogP contribution in [0, 0.1) is 5.92 Å². The normalized spacial score (nSPS) is 16.4. The van der Waals surface area contributed by atoms with E-state index in [2.05, 4.69) is 5.32 Å². The number of hydrogen-bond donors (Lipinski definition) is 1. The molecule has 1 aliphatic heterocycles. The van der Waals surface area contributed by atoms with Crippen LogP contribution >= 0.6 is 0 Å². The van der Waals surface area contributed by atoms with Crippen LogP contribution in [0.2, 0.25) is 0 Å². The molecule has 1 N–H and O–H groups in total. The van der Waals surface area contributed by atoms with E-state index in [-0.39, 0.29) is 18.2 Å². The van der Waals surface area contributed by atoms with Gasteiger partial charge in [-0.3, -0.25) is 9.59 Å². The zero-order chi connectivity index (χ0) is 20.7. The lowest BCUT2D eigenvalue weighted by Gasteiger charge is -2.17. The van der Waals surface area contributed by atoms with Crippen molar-refractivity contribution >= 4 is 45.1 Å². The highest BCUT2D eigenvalue weighted by atomic mass is 16.5. The van der Waals surface area contributed by atoms with Crippen molar-refractivity contribution in [2.75, 3.05) is 23.9 Å². The number of carbonyl (C=O) groups excluding carboxylic acids is 2. The number of amides is 2. The van der Waals surface area contributed by atoms with Crippen molar-refractivity contribution in [3.8, 4) is 5.75 Å². The average molecular weight is 400 g/mol. The van der Waals surface area contributed by atoms with Gasteiger partial charge in [-0.25, -0.2) is 0 Å². The van der Waals surface area contributed by atoms with E-state index in [0.29, 0.717) is 12.2 Å². The number of hydrogen-bond acceptors (Lipinski definition) is 4. The van der Waals surface area contributed by atoms with E-state index in [9.17, 15) is 9.59 Å². The van der Waals surface area contributed by atoms with Crippen molar-refractivity contribution in [2.24, 2.45) is 5.92 Å². The summed E-state index contributed by atoms with van der Waals surface area (Å²) >= 11 is 0. The third kappa shape index (κ3) is 3.16. The lowest BCUT2D eigenvalue weighted by Crippen LogP contribution is -2.28. The zero-order valence-corrected chi connectivity index (χ0v) is 16.4. The second-order valence-corrected chi connectivity index (χ2v) is 7.40. The maximum Gasteiger partial charge on any atom is 0.229 e. The molecule has 5 rings (SSSR count). The SMILES string of the molecule is COc1ccc(N2C[C@H](C(=O)Nc3ccc4c(c3)oc3ccccc34)CC2=O)cc1. The summed E-state index contributed by atoms with van der Waals surface area (Å²) in [6.45, 7) is 0.351. The highest BCUT2D eigenvalue weighted by Crippen LogP contribution is 2.31. The van der Waals surface area contributed by atoms with Gasteiger partial charge < -0.3 is 19.4 Å². The first-order valence-electron chi connectivity index (χ1n) is 9.79. The van der Waals surface area contributed by atoms with Gasteiger partial charge in [-0.1, -0.05) is 18.2 Å². The van der Waals surface area contributed by atoms with E-state index in [4.69, 9.17) is 9.15 Å². The van der Waals surface area contributed by atoms with Gasteiger partial charge in [0.2, 0.25) is 11.8 Å². The predicted molar refractivity (Wildman–Crippen MR) is 116 cm³/mol. The summed E-state index contributed by atoms with van der Waals surface area (Å²) in [7, 11) is 1.60. The Morgan fingerprint density at radius 1 is 1.03 bits per heavy atom. The Balaban J connectivity index is 1.32. The number of ether oxygens (including phenoxy) is 1. The molecule has 6 nitrogen and oxygen atoms in total. The predicted octanol–water partition coefficient (Wildman–Crippen LogP) is 4.59. The van der Waals surface area contributed by atoms with Crippen LogP contribution in [0.15, 0.2) is 71.1 Å². The molecule has 1 aliphatic rings. The molecule has 0 aliphatic carbocycles. The summed E-state index contributed by atoms with van der Waals surface area (Å²) in [5.74, 6) is 0.0783. The van der Waals surface area contributed by atoms with E-state index in [1.165, 1.54) is 0 Å². The summed E-state index contributed by atoms with van der Waals surface area (Å²) in [5.41, 5.74) is 2.95. The van der Waals surface area contributed by atoms with Gasteiger partial charge in [-0.05, 0) is 42.5 Å². The fraction of sp³-hybridized carbons (Fsp3) is 0.167. The molecule has 4 aromatic rings. The topological polar surface area (TPSA) is 71.8 Å². The number of nitrogens with zero attached hydrogens (tertiary/aromatic N) is 1. The first-order chi connectivity index (χ1) is 14.6. The molecule has 2 heterocycles. The number of carbonyl (C=O) groups is 2. The molecule has 0 radical (unpaired) electrons. The van der Waals surface area contributed by atoms with Crippen LogP contribution in [0.4, 0.5) is 11.4 Å². The number of furan rings is 1. The molecule has 1 aromatic heterocycles. The minimum atomic E-state index is -0.411. The van der Waals surface area contributed by atoms with Crippen LogP contribution in [-0.2, 0) is 9.59 Å². The fourth-order valence-corrected chi connectivity index (χ4v) is 3.94. The monoisotopic (exact) mass is 400 g/mol. The molecule has 0 spiro atoms. The number of fused-ring (bicyclic) bond motifs is 3. The molecule has 150 valence electrons. The van der Waals surface area contributed by atoms with E-state index >= 15 is 0 Å². The Morgan fingerprint density at radius 2 is 1.80 bits per heavy atom. The van der Waals surface area contributed by atoms with E-state index in [1.54, 1.807) is 24.1 Å². The molecule has 0 unspecified atom stereocenters. The van der Waals surface area contributed by atoms with E-state index in [0.717, 1.165) is 33.4 Å². The largest absolute Gasteiger partial charge is 0.497 e. The summed E-state index contributed by atoms with van der Waals surface area (Å²) in [6, 6.07) is 20.7. The number of rotatable bonds is 4. The fourth-order valence-electron chi connectivity index (χ4n) is 3.94. The summed E-state index contributed by atoms with van der Waals surface area (Å²) in [6.07, 6.45) is 0.185. The van der Waals surface area contributed by atoms with Gasteiger partial charge in [0.05, 0.1) is 13.0 Å². The molecular weight excluding hydrogens is 380 g/mol. The van der Waals surface area contributed by atoms with Crippen molar-refractivity contribution in [3.05, 3.63) is 66.7 Å². The van der Waals surface area contributed by atoms with Gasteiger partial charge in [0.15, 0.2) is 0 Å². The van der Waals surface area contributed by atoms with Gasteiger partial charge in [-0.15, -0.1) is 0 Å². The quantitative estimate of drug-likeness (QED) is 0.544. The van der Waals surface area contributed by atoms with Crippen molar-refractivity contribution in [2.45, 2.75) is 6.42 Å². The molecule has 2 amide bonds. The lowest BCUT2D eigenvalue weighted by atomic mass is 10.1. The summed E-state index contributed by atoms with van der Waals surface area (Å²) in [4.78, 5) is 26.9. The number of para-hydroxylation sites is 1.